The lowest BCUT2D eigenvalue weighted by Gasteiger charge is -2.39. The minimum atomic E-state index is -2.78. The number of unbranched alkanes of at least 4 members (excludes halogenated alkanes) is 8. The number of hydrogen-bond donors (Lipinski definition) is 1. The van der Waals surface area contributed by atoms with Crippen LogP contribution in [0.4, 0.5) is 22.7 Å². The summed E-state index contributed by atoms with van der Waals surface area (Å²) in [7, 11) is 21.9. The van der Waals surface area contributed by atoms with Crippen LogP contribution in [-0.4, -0.2) is 241 Å². The first kappa shape index (κ1) is 134. The summed E-state index contributed by atoms with van der Waals surface area (Å²) in [5, 5.41) is 6.28. The first-order valence-corrected chi connectivity index (χ1v) is 55.8. The molecule has 2 atom stereocenters. The van der Waals surface area contributed by atoms with Crippen molar-refractivity contribution in [2.75, 3.05) is 183 Å². The van der Waals surface area contributed by atoms with Crippen LogP contribution in [0.15, 0.2) is 168 Å². The van der Waals surface area contributed by atoms with Gasteiger partial charge in [-0.25, -0.2) is 0 Å². The van der Waals surface area contributed by atoms with Gasteiger partial charge in [-0.3, -0.25) is 28.8 Å². The van der Waals surface area contributed by atoms with Crippen molar-refractivity contribution in [2.24, 2.45) is 10.3 Å². The topological polar surface area (TPSA) is 292 Å². The van der Waals surface area contributed by atoms with Crippen molar-refractivity contribution in [3.8, 4) is 0 Å². The van der Waals surface area contributed by atoms with E-state index >= 15 is 0 Å². The van der Waals surface area contributed by atoms with E-state index in [0.717, 1.165) is 39.4 Å². The maximum Gasteiger partial charge on any atom is 0.401 e. The second-order valence-corrected chi connectivity index (χ2v) is 44.3. The third-order valence-corrected chi connectivity index (χ3v) is 31.0. The van der Waals surface area contributed by atoms with Crippen LogP contribution in [-0.2, 0) is 104 Å². The summed E-state index contributed by atoms with van der Waals surface area (Å²) in [5.41, 5.74) is 8.21. The molecule has 0 aliphatic heterocycles. The molecule has 0 heterocycles. The Balaban J connectivity index is -0.00000158. The SMILES string of the molecule is CC(=O)/C(C)=N/OC(c1ccccc1)(c1ccc(N(C)C)cc1)c1ccc(N(C)C)cc1.CCCC[N+](CCCC)(CCCC)CCCC.CCCC[N+](CCCC)(CCCC)CCCC.CCOC(=O)CC(S)C(=O)OCC.CCOC(=O)CC(SP(=S)(OC)OC)C(=O)OCC.CN(C)c1ccc(C(c2ccccc2)c2ccc(N(C)C)cc2)cc1.COP(=S)(OC)O/N=C(\C)C(C)=O.[OH-].[OH-]. The minimum Gasteiger partial charge on any atom is -0.870 e. The number of hydrogen-bond acceptors (Lipinski definition) is 28. The van der Waals surface area contributed by atoms with Crippen molar-refractivity contribution < 1.29 is 95.2 Å². The van der Waals surface area contributed by atoms with Gasteiger partial charge in [0.2, 0.25) is 11.3 Å². The maximum absolute atomic E-state index is 11.9. The molecule has 0 spiro atoms. The van der Waals surface area contributed by atoms with E-state index in [0.29, 0.717) is 18.9 Å². The van der Waals surface area contributed by atoms with Crippen LogP contribution >= 0.6 is 36.4 Å². The first-order valence-electron chi connectivity index (χ1n) is 48.6. The highest BCUT2D eigenvalue weighted by atomic mass is 32.9. The Hall–Kier alpha value is -7.64. The van der Waals surface area contributed by atoms with Crippen LogP contribution in [0, 0.1) is 0 Å². The van der Waals surface area contributed by atoms with E-state index < -0.39 is 52.4 Å². The van der Waals surface area contributed by atoms with E-state index in [2.05, 4.69) is 263 Å². The predicted octanol–water partition coefficient (Wildman–Crippen LogP) is 24.2. The lowest BCUT2D eigenvalue weighted by Crippen LogP contribution is -2.50. The molecule has 0 saturated carbocycles. The highest BCUT2D eigenvalue weighted by Gasteiger charge is 2.41. The van der Waals surface area contributed by atoms with Crippen LogP contribution in [0.3, 0.4) is 0 Å². The normalized spacial score (nSPS) is 11.7. The van der Waals surface area contributed by atoms with Gasteiger partial charge in [0.15, 0.2) is 11.6 Å². The largest absolute Gasteiger partial charge is 0.870 e. The van der Waals surface area contributed by atoms with Gasteiger partial charge in [-0.2, -0.15) is 12.6 Å². The lowest BCUT2D eigenvalue weighted by molar-refractivity contribution is -0.929. The molecule has 2 unspecified atom stereocenters. The van der Waals surface area contributed by atoms with E-state index in [1.807, 2.05) is 58.5 Å². The van der Waals surface area contributed by atoms with Crippen molar-refractivity contribution in [3.63, 3.8) is 0 Å². The van der Waals surface area contributed by atoms with Crippen molar-refractivity contribution in [2.45, 2.75) is 248 Å². The Morgan fingerprint density at radius 1 is 0.377 bits per heavy atom. The van der Waals surface area contributed by atoms with Gasteiger partial charge in [-0.05, 0) is 170 Å². The quantitative estimate of drug-likeness (QED) is 0.00542. The number of carbonyl (C=O) groups is 6. The molecule has 0 aliphatic carbocycles. The van der Waals surface area contributed by atoms with Gasteiger partial charge in [-0.1, -0.05) is 238 Å². The molecule has 6 rings (SSSR count). The van der Waals surface area contributed by atoms with Crippen LogP contribution < -0.4 is 19.6 Å². The average molecular weight is 2040 g/mol. The molecule has 6 aromatic rings. The summed E-state index contributed by atoms with van der Waals surface area (Å²) in [4.78, 5) is 82.5. The fourth-order valence-corrected chi connectivity index (χ4v) is 18.8. The van der Waals surface area contributed by atoms with Gasteiger partial charge in [0.25, 0.3) is 0 Å². The Labute approximate surface area is 852 Å². The van der Waals surface area contributed by atoms with Crippen molar-refractivity contribution in [3.05, 3.63) is 191 Å². The zero-order valence-corrected chi connectivity index (χ0v) is 94.2. The molecular weight excluding hydrogens is 1860 g/mol. The Morgan fingerprint density at radius 3 is 0.935 bits per heavy atom. The molecule has 0 aliphatic rings. The molecule has 0 aromatic heterocycles. The fraction of sp³-hybridized carbons (Fsp3) is 0.585. The molecule has 26 nitrogen and oxygen atoms in total. The summed E-state index contributed by atoms with van der Waals surface area (Å²) in [6, 6.07) is 54.9. The number of rotatable bonds is 56. The van der Waals surface area contributed by atoms with Gasteiger partial charge in [-0.15, -0.1) is 0 Å². The third-order valence-electron chi connectivity index (χ3n) is 22.5. The second kappa shape index (κ2) is 77.0. The van der Waals surface area contributed by atoms with Crippen molar-refractivity contribution >= 4 is 130 Å². The molecule has 0 radical (unpaired) electrons. The molecule has 32 heteroatoms. The van der Waals surface area contributed by atoms with Crippen LogP contribution in [0.5, 0.6) is 0 Å². The predicted molar refractivity (Wildman–Crippen MR) is 586 cm³/mol. The number of ether oxygens (including phenoxy) is 4. The van der Waals surface area contributed by atoms with Crippen LogP contribution in [0.1, 0.15) is 266 Å². The molecule has 0 amide bonds. The average Bonchev–Trinajstić information content (AvgIpc) is 0.749. The van der Waals surface area contributed by atoms with Gasteiger partial charge in [0.05, 0.1) is 91.6 Å². The van der Waals surface area contributed by atoms with E-state index in [4.69, 9.17) is 60.6 Å². The van der Waals surface area contributed by atoms with Crippen LogP contribution in [0.25, 0.3) is 0 Å². The Kier molecular flexibility index (Phi) is 75.1. The summed E-state index contributed by atoms with van der Waals surface area (Å²) in [6.07, 6.45) is 22.0. The minimum absolute atomic E-state index is 0. The summed E-state index contributed by atoms with van der Waals surface area (Å²) >= 11 is 14.9. The van der Waals surface area contributed by atoms with Gasteiger partial charge in [0, 0.05) is 156 Å². The number of esters is 4. The monoisotopic (exact) mass is 2040 g/mol. The zero-order valence-electron chi connectivity index (χ0n) is 89.0. The van der Waals surface area contributed by atoms with E-state index in [1.54, 1.807) is 34.6 Å². The lowest BCUT2D eigenvalue weighted by atomic mass is 9.80. The molecule has 782 valence electrons. The van der Waals surface area contributed by atoms with Gasteiger partial charge >= 0.3 is 30.6 Å². The molecule has 0 saturated heterocycles. The van der Waals surface area contributed by atoms with Crippen molar-refractivity contribution in [1.82, 2.24) is 0 Å². The Morgan fingerprint density at radius 2 is 0.652 bits per heavy atom. The molecule has 2 N–H and O–H groups in total. The second-order valence-electron chi connectivity index (χ2n) is 33.9. The summed E-state index contributed by atoms with van der Waals surface area (Å²) in [6.45, 7) is 41.2. The highest BCUT2D eigenvalue weighted by molar-refractivity contribution is 8.68. The van der Waals surface area contributed by atoms with Gasteiger partial charge in [0.1, 0.15) is 21.9 Å². The van der Waals surface area contributed by atoms with E-state index in [1.165, 1.54) is 241 Å². The van der Waals surface area contributed by atoms with Gasteiger partial charge < -0.3 is 86.0 Å². The number of thiol groups is 1. The molecule has 0 fully saturated rings. The number of carbonyl (C=O) groups excluding carboxylic acids is 6. The number of benzene rings is 6. The first-order chi connectivity index (χ1) is 64.8. The number of Topliss-reactive ketones (excluding diaryl/α,β-unsaturated/α-hetero) is 2. The maximum atomic E-state index is 11.9. The van der Waals surface area contributed by atoms with Crippen LogP contribution in [0.2, 0.25) is 0 Å². The number of quaternary nitrogens is 2. The number of nitrogens with zero attached hydrogens (tertiary/aromatic N) is 8. The highest BCUT2D eigenvalue weighted by Crippen LogP contribution is 2.62. The van der Waals surface area contributed by atoms with E-state index in [9.17, 15) is 28.8 Å². The Bertz CT molecular complexity index is 4160. The van der Waals surface area contributed by atoms with Crippen molar-refractivity contribution in [1.29, 1.82) is 0 Å². The number of anilines is 4. The fourth-order valence-electron chi connectivity index (χ4n) is 14.1. The number of oxime groups is 2. The standard InChI is InChI=1S/C27H31N3O2.C23H26N2.2C16H36N.C10H19O6PS2.C8H14O4S.C6H12NO4PS.2H2O/c1-20(21(2)31)28-32-27(22-10-8-7-9-11-22,23-12-16-25(17-13-23)29(3)4)24-14-18-26(19-15-24)30(5)6;1-24(2)21-14-10-19(11-15-21)23(18-8-6-5-7-9-18)20-12-16-22(17-13-20)25(3)4;2*1-5-9-13-17(14-10-6-2,15-11-7-3)16-12-8-4;1-5-15-9(11)7-8(10(12)16-6-2)19-17(18,13-3)14-4;1-3-11-7(9)5-6(13)8(10)12-4-2;1-5(6(2)8)7-11-12(13,9-3)10-4;;/h7-19H,1-6H3;5-17,23H,1-4H3;2*5-16H2,1-4H3;8H,5-7H2,1-4H3;6,13H,3-5H2,1-2H3;1-4H3;2*1H2/q;;2*+1;;;;;/p-2/b28-20+;;;;;;7-5+;;. The molecule has 138 heavy (non-hydrogen) atoms. The zero-order chi connectivity index (χ0) is 103. The molecule has 6 aromatic carbocycles. The smallest absolute Gasteiger partial charge is 0.401 e. The van der Waals surface area contributed by atoms with E-state index in [-0.39, 0.29) is 60.2 Å². The number of ketones is 2. The summed E-state index contributed by atoms with van der Waals surface area (Å²) in [5.74, 6) is -2.00. The molecule has 0 bridgehead atoms. The summed E-state index contributed by atoms with van der Waals surface area (Å²) < 4.78 is 46.4. The molecular formula is C106H176N8O18P2S4. The third kappa shape index (κ3) is 52.4.